The Kier molecular flexibility index (Phi) is 3.42. The van der Waals surface area contributed by atoms with E-state index in [0.29, 0.717) is 11.9 Å². The number of hydrogen-bond acceptors (Lipinski definition) is 8. The molecule has 0 radical (unpaired) electrons. The van der Waals surface area contributed by atoms with Gasteiger partial charge in [0.1, 0.15) is 11.2 Å². The highest BCUT2D eigenvalue weighted by Gasteiger charge is 2.35. The number of thiazole rings is 1. The van der Waals surface area contributed by atoms with Crippen molar-refractivity contribution in [2.75, 3.05) is 11.1 Å². The summed E-state index contributed by atoms with van der Waals surface area (Å²) in [7, 11) is 0. The van der Waals surface area contributed by atoms with E-state index in [1.165, 1.54) is 0 Å². The monoisotopic (exact) mass is 306 g/mol. The lowest BCUT2D eigenvalue weighted by Gasteiger charge is -2.15. The number of nitrogens with two attached hydrogens (primary N) is 1. The fraction of sp³-hybridized carbons (Fsp3) is 0.417. The first kappa shape index (κ1) is 13.7. The Labute approximate surface area is 124 Å². The van der Waals surface area contributed by atoms with Crippen molar-refractivity contribution < 1.29 is 4.92 Å². The minimum atomic E-state index is -0.596. The molecule has 1 aliphatic rings. The Morgan fingerprint density at radius 3 is 2.76 bits per heavy atom. The van der Waals surface area contributed by atoms with Gasteiger partial charge in [-0.05, 0) is 25.7 Å². The summed E-state index contributed by atoms with van der Waals surface area (Å²) >= 11 is 1.63. The van der Waals surface area contributed by atoms with Crippen molar-refractivity contribution >= 4 is 28.8 Å². The largest absolute Gasteiger partial charge is 0.378 e. The maximum absolute atomic E-state index is 10.7. The van der Waals surface area contributed by atoms with Crippen LogP contribution in [0.5, 0.6) is 0 Å². The van der Waals surface area contributed by atoms with E-state index in [1.54, 1.807) is 11.3 Å². The summed E-state index contributed by atoms with van der Waals surface area (Å²) in [6.07, 6.45) is 5.21. The van der Waals surface area contributed by atoms with E-state index >= 15 is 0 Å². The van der Waals surface area contributed by atoms with Gasteiger partial charge in [-0.2, -0.15) is 4.98 Å². The van der Waals surface area contributed by atoms with Crippen LogP contribution in [0.3, 0.4) is 0 Å². The van der Waals surface area contributed by atoms with Crippen molar-refractivity contribution in [3.8, 4) is 0 Å². The Hall–Kier alpha value is -2.29. The summed E-state index contributed by atoms with van der Waals surface area (Å²) in [5, 5.41) is 14.9. The van der Waals surface area contributed by atoms with Gasteiger partial charge in [0.05, 0.1) is 11.0 Å². The second-order valence-electron chi connectivity index (χ2n) is 4.99. The topological polar surface area (TPSA) is 120 Å². The molecule has 0 saturated heterocycles. The molecule has 2 heterocycles. The minimum Gasteiger partial charge on any atom is -0.378 e. The van der Waals surface area contributed by atoms with Crippen molar-refractivity contribution in [2.45, 2.75) is 25.8 Å². The average molecular weight is 306 g/mol. The second kappa shape index (κ2) is 5.24. The molecule has 3 N–H and O–H groups in total. The number of rotatable bonds is 5. The molecule has 2 aromatic heterocycles. The van der Waals surface area contributed by atoms with E-state index in [1.807, 2.05) is 13.1 Å². The maximum Gasteiger partial charge on any atom is 0.329 e. The molecule has 0 spiro atoms. The Balaban J connectivity index is 1.83. The highest BCUT2D eigenvalue weighted by atomic mass is 32.1. The summed E-state index contributed by atoms with van der Waals surface area (Å²) in [5.74, 6) is 0.654. The first-order chi connectivity index (χ1) is 10.0. The lowest BCUT2D eigenvalue weighted by Crippen LogP contribution is -2.15. The van der Waals surface area contributed by atoms with Crippen molar-refractivity contribution in [1.29, 1.82) is 0 Å². The first-order valence-corrected chi connectivity index (χ1v) is 7.32. The van der Waals surface area contributed by atoms with E-state index in [-0.39, 0.29) is 17.5 Å². The van der Waals surface area contributed by atoms with Crippen LogP contribution in [0.15, 0.2) is 12.4 Å². The molecule has 0 bridgehead atoms. The van der Waals surface area contributed by atoms with Crippen LogP contribution in [-0.2, 0) is 0 Å². The van der Waals surface area contributed by atoms with Gasteiger partial charge in [0, 0.05) is 11.1 Å². The third-order valence-electron chi connectivity index (χ3n) is 3.28. The number of nitro groups is 1. The molecule has 21 heavy (non-hydrogen) atoms. The van der Waals surface area contributed by atoms with E-state index in [0.717, 1.165) is 28.9 Å². The van der Waals surface area contributed by atoms with Crippen LogP contribution in [0.25, 0.3) is 0 Å². The minimum absolute atomic E-state index is 0.0320. The average Bonchev–Trinajstić information content (AvgIpc) is 3.17. The molecular formula is C12H14N6O2S. The Bertz CT molecular complexity index is 684. The molecule has 1 fully saturated rings. The summed E-state index contributed by atoms with van der Waals surface area (Å²) in [6.45, 7) is 2.01. The molecule has 1 saturated carbocycles. The smallest absolute Gasteiger partial charge is 0.329 e. The van der Waals surface area contributed by atoms with Crippen LogP contribution in [0.1, 0.15) is 28.8 Å². The molecule has 2 aromatic rings. The van der Waals surface area contributed by atoms with Gasteiger partial charge in [-0.1, -0.05) is 0 Å². The third kappa shape index (κ3) is 2.92. The summed E-state index contributed by atoms with van der Waals surface area (Å²) < 4.78 is 0. The van der Waals surface area contributed by atoms with E-state index in [2.05, 4.69) is 20.3 Å². The Morgan fingerprint density at radius 1 is 1.48 bits per heavy atom. The molecule has 3 rings (SSSR count). The van der Waals surface area contributed by atoms with Crippen LogP contribution in [-0.4, -0.2) is 19.9 Å². The van der Waals surface area contributed by atoms with Crippen molar-refractivity contribution in [3.63, 3.8) is 0 Å². The SMILES string of the molecule is Cc1cnc([C@@H](Nc2ncc([N+](=O)[O-])c(N)n2)C2CC2)s1. The lowest BCUT2D eigenvalue weighted by molar-refractivity contribution is -0.384. The lowest BCUT2D eigenvalue weighted by atomic mass is 10.2. The van der Waals surface area contributed by atoms with E-state index in [9.17, 15) is 10.1 Å². The van der Waals surface area contributed by atoms with Crippen molar-refractivity contribution in [1.82, 2.24) is 15.0 Å². The van der Waals surface area contributed by atoms with Crippen molar-refractivity contribution in [2.24, 2.45) is 5.92 Å². The predicted molar refractivity (Wildman–Crippen MR) is 79.0 cm³/mol. The molecule has 0 aliphatic heterocycles. The van der Waals surface area contributed by atoms with Gasteiger partial charge in [0.2, 0.25) is 11.8 Å². The van der Waals surface area contributed by atoms with Crippen LogP contribution < -0.4 is 11.1 Å². The van der Waals surface area contributed by atoms with Crippen LogP contribution in [0.4, 0.5) is 17.5 Å². The maximum atomic E-state index is 10.7. The molecule has 0 aromatic carbocycles. The standard InChI is InChI=1S/C12H14N6O2S/c1-6-4-14-11(21-6)9(7-2-3-7)16-12-15-5-8(18(19)20)10(13)17-12/h4-5,7,9H,2-3H2,1H3,(H3,13,15,16,17)/t9-/m0/s1. The molecule has 0 unspecified atom stereocenters. The zero-order chi connectivity index (χ0) is 15.0. The zero-order valence-corrected chi connectivity index (χ0v) is 12.1. The first-order valence-electron chi connectivity index (χ1n) is 6.50. The van der Waals surface area contributed by atoms with Crippen LogP contribution in [0.2, 0.25) is 0 Å². The van der Waals surface area contributed by atoms with Gasteiger partial charge in [-0.3, -0.25) is 10.1 Å². The fourth-order valence-electron chi connectivity index (χ4n) is 2.06. The van der Waals surface area contributed by atoms with Crippen LogP contribution >= 0.6 is 11.3 Å². The number of aromatic nitrogens is 3. The molecule has 110 valence electrons. The number of anilines is 2. The summed E-state index contributed by atoms with van der Waals surface area (Å²) in [6, 6.07) is 0.0320. The van der Waals surface area contributed by atoms with Gasteiger partial charge < -0.3 is 11.1 Å². The van der Waals surface area contributed by atoms with Crippen molar-refractivity contribution in [3.05, 3.63) is 32.4 Å². The highest BCUT2D eigenvalue weighted by Crippen LogP contribution is 2.43. The number of nitrogens with one attached hydrogen (secondary N) is 1. The van der Waals surface area contributed by atoms with E-state index < -0.39 is 4.92 Å². The molecule has 1 atom stereocenters. The number of nitrogens with zero attached hydrogens (tertiary/aromatic N) is 4. The van der Waals surface area contributed by atoms with Gasteiger partial charge >= 0.3 is 5.69 Å². The van der Waals surface area contributed by atoms with E-state index in [4.69, 9.17) is 5.73 Å². The van der Waals surface area contributed by atoms with Gasteiger partial charge in [0.25, 0.3) is 0 Å². The second-order valence-corrected chi connectivity index (χ2v) is 6.26. The third-order valence-corrected chi connectivity index (χ3v) is 4.27. The van der Waals surface area contributed by atoms with Gasteiger partial charge in [-0.25, -0.2) is 9.97 Å². The van der Waals surface area contributed by atoms with Crippen LogP contribution in [0, 0.1) is 23.0 Å². The summed E-state index contributed by atoms with van der Waals surface area (Å²) in [5.41, 5.74) is 5.30. The van der Waals surface area contributed by atoms with Gasteiger partial charge in [-0.15, -0.1) is 11.3 Å². The fourth-order valence-corrected chi connectivity index (χ4v) is 2.98. The molecular weight excluding hydrogens is 292 g/mol. The summed E-state index contributed by atoms with van der Waals surface area (Å²) in [4.78, 5) is 23.6. The molecule has 9 heteroatoms. The predicted octanol–water partition coefficient (Wildman–Crippen LogP) is 2.30. The zero-order valence-electron chi connectivity index (χ0n) is 11.3. The van der Waals surface area contributed by atoms with Gasteiger partial charge in [0.15, 0.2) is 0 Å². The number of aryl methyl sites for hydroxylation is 1. The normalized spacial score (nSPS) is 15.7. The molecule has 1 aliphatic carbocycles. The quantitative estimate of drug-likeness (QED) is 0.642. The number of hydrogen-bond donors (Lipinski definition) is 2. The molecule has 8 nitrogen and oxygen atoms in total. The number of nitrogen functional groups attached to an aromatic ring is 1. The highest BCUT2D eigenvalue weighted by molar-refractivity contribution is 7.11. The Morgan fingerprint density at radius 2 is 2.24 bits per heavy atom. The molecule has 0 amide bonds.